The number of nitrogens with zero attached hydrogens (tertiary/aromatic N) is 2. The molecule has 0 saturated carbocycles. The number of aromatic nitrogens is 2. The van der Waals surface area contributed by atoms with Crippen LogP contribution in [0.2, 0.25) is 0 Å². The first-order chi connectivity index (χ1) is 25.0. The van der Waals surface area contributed by atoms with E-state index in [2.05, 4.69) is 111 Å². The van der Waals surface area contributed by atoms with Gasteiger partial charge in [-0.2, -0.15) is 0 Å². The quantitative estimate of drug-likeness (QED) is 0.184. The van der Waals surface area contributed by atoms with Crippen LogP contribution >= 0.6 is 0 Å². The molecular formula is C47H36N2O2. The van der Waals surface area contributed by atoms with Crippen LogP contribution in [-0.2, 0) is 25.7 Å². The summed E-state index contributed by atoms with van der Waals surface area (Å²) in [5.74, 6) is 1.25. The van der Waals surface area contributed by atoms with Crippen molar-refractivity contribution < 1.29 is 9.15 Å². The Morgan fingerprint density at radius 1 is 0.627 bits per heavy atom. The Labute approximate surface area is 297 Å². The van der Waals surface area contributed by atoms with Crippen molar-refractivity contribution >= 4 is 21.9 Å². The SMILES string of the molecule is Cc1cccc(C)c1-c1cc(Oc2cccc(-c3nccc4oc5c6c(ccc5c34)CC3(Cc4ccccc4C3)C6)n2)cc(-c2ccccc2)c1. The molecule has 0 atom stereocenters. The Hall–Kier alpha value is -6.00. The number of hydrogen-bond acceptors (Lipinski definition) is 4. The maximum Gasteiger partial charge on any atom is 0.219 e. The fourth-order valence-corrected chi connectivity index (χ4v) is 8.89. The highest BCUT2D eigenvalue weighted by atomic mass is 16.5. The fraction of sp³-hybridized carbons (Fsp3) is 0.149. The molecule has 0 amide bonds. The summed E-state index contributed by atoms with van der Waals surface area (Å²) in [5, 5.41) is 2.10. The van der Waals surface area contributed by atoms with Crippen LogP contribution in [0.15, 0.2) is 138 Å². The number of ether oxygens (including phenoxy) is 1. The summed E-state index contributed by atoms with van der Waals surface area (Å²) in [6.45, 7) is 4.33. The highest BCUT2D eigenvalue weighted by molar-refractivity contribution is 6.12. The van der Waals surface area contributed by atoms with Gasteiger partial charge in [-0.05, 0) is 131 Å². The first-order valence-corrected chi connectivity index (χ1v) is 17.8. The van der Waals surface area contributed by atoms with Crippen molar-refractivity contribution in [2.45, 2.75) is 39.5 Å². The number of furan rings is 1. The maximum absolute atomic E-state index is 6.69. The average molecular weight is 661 g/mol. The van der Waals surface area contributed by atoms with Crippen molar-refractivity contribution in [1.82, 2.24) is 9.97 Å². The van der Waals surface area contributed by atoms with Crippen LogP contribution < -0.4 is 4.74 Å². The van der Waals surface area contributed by atoms with Crippen molar-refractivity contribution in [3.63, 3.8) is 0 Å². The predicted octanol–water partition coefficient (Wildman–Crippen LogP) is 11.7. The van der Waals surface area contributed by atoms with Crippen LogP contribution in [-0.4, -0.2) is 9.97 Å². The van der Waals surface area contributed by atoms with E-state index in [1.807, 2.05) is 36.5 Å². The van der Waals surface area contributed by atoms with Gasteiger partial charge in [-0.25, -0.2) is 4.98 Å². The van der Waals surface area contributed by atoms with Crippen LogP contribution in [0, 0.1) is 19.3 Å². The lowest BCUT2D eigenvalue weighted by molar-refractivity contribution is 0.326. The molecule has 10 rings (SSSR count). The summed E-state index contributed by atoms with van der Waals surface area (Å²) in [5.41, 5.74) is 16.4. The number of aryl methyl sites for hydroxylation is 2. The highest BCUT2D eigenvalue weighted by Crippen LogP contribution is 2.50. The van der Waals surface area contributed by atoms with Gasteiger partial charge < -0.3 is 9.15 Å². The van der Waals surface area contributed by atoms with Gasteiger partial charge in [0.05, 0.1) is 11.1 Å². The van der Waals surface area contributed by atoms with Gasteiger partial charge >= 0.3 is 0 Å². The Balaban J connectivity index is 1.03. The number of hydrogen-bond donors (Lipinski definition) is 0. The Morgan fingerprint density at radius 2 is 1.35 bits per heavy atom. The largest absolute Gasteiger partial charge is 0.456 e. The van der Waals surface area contributed by atoms with Gasteiger partial charge in [0.15, 0.2) is 0 Å². The van der Waals surface area contributed by atoms with E-state index in [1.165, 1.54) is 38.9 Å². The molecule has 4 nitrogen and oxygen atoms in total. The molecule has 4 heteroatoms. The first-order valence-electron chi connectivity index (χ1n) is 17.8. The van der Waals surface area contributed by atoms with Crippen LogP contribution in [0.25, 0.3) is 55.6 Å². The van der Waals surface area contributed by atoms with E-state index in [9.17, 15) is 0 Å². The Bertz CT molecular complexity index is 2610. The van der Waals surface area contributed by atoms with Crippen molar-refractivity contribution in [2.75, 3.05) is 0 Å². The molecule has 0 fully saturated rings. The second-order valence-corrected chi connectivity index (χ2v) is 14.5. The zero-order valence-corrected chi connectivity index (χ0v) is 28.7. The van der Waals surface area contributed by atoms with Gasteiger partial charge in [-0.15, -0.1) is 0 Å². The number of fused-ring (bicyclic) bond motifs is 6. The molecule has 2 aliphatic rings. The van der Waals surface area contributed by atoms with Gasteiger partial charge in [-0.1, -0.05) is 91.0 Å². The summed E-state index contributed by atoms with van der Waals surface area (Å²) in [7, 11) is 0. The number of benzene rings is 5. The lowest BCUT2D eigenvalue weighted by atomic mass is 9.82. The maximum atomic E-state index is 6.69. The van der Waals surface area contributed by atoms with E-state index in [4.69, 9.17) is 19.1 Å². The Kier molecular flexibility index (Phi) is 6.75. The molecule has 1 spiro atoms. The molecule has 0 unspecified atom stereocenters. The van der Waals surface area contributed by atoms with Gasteiger partial charge in [-0.3, -0.25) is 4.98 Å². The normalized spacial score (nSPS) is 14.3. The molecule has 0 aliphatic heterocycles. The van der Waals surface area contributed by atoms with Gasteiger partial charge in [0.1, 0.15) is 22.6 Å². The minimum absolute atomic E-state index is 0.239. The minimum Gasteiger partial charge on any atom is -0.456 e. The standard InChI is InChI=1S/C47H36N2O2/c1-29-10-8-11-30(2)43(29)36-22-35(31-12-4-3-5-13-31)23-37(24-36)50-42-17-9-16-40(49-42)45-44-38-19-18-34-27-47(25-32-14-6-7-15-33(32)26-47)28-39(34)46(38)51-41(44)20-21-48-45/h3-24H,25-28H2,1-2H3. The number of rotatable bonds is 5. The third kappa shape index (κ3) is 5.05. The molecule has 0 saturated heterocycles. The van der Waals surface area contributed by atoms with E-state index in [0.29, 0.717) is 5.88 Å². The van der Waals surface area contributed by atoms with Gasteiger partial charge in [0, 0.05) is 17.6 Å². The second kappa shape index (κ2) is 11.5. The van der Waals surface area contributed by atoms with Crippen molar-refractivity contribution in [3.05, 3.63) is 167 Å². The third-order valence-electron chi connectivity index (χ3n) is 11.1. The van der Waals surface area contributed by atoms with Crippen LogP contribution in [0.3, 0.4) is 0 Å². The average Bonchev–Trinajstić information content (AvgIpc) is 3.83. The molecule has 5 aromatic carbocycles. The summed E-state index contributed by atoms with van der Waals surface area (Å²) in [6.07, 6.45) is 6.20. The number of pyridine rings is 2. The second-order valence-electron chi connectivity index (χ2n) is 14.5. The molecule has 0 N–H and O–H groups in total. The van der Waals surface area contributed by atoms with Crippen molar-refractivity contribution in [2.24, 2.45) is 5.41 Å². The highest BCUT2D eigenvalue weighted by Gasteiger charge is 2.43. The molecule has 8 aromatic rings. The Morgan fingerprint density at radius 3 is 2.16 bits per heavy atom. The zero-order chi connectivity index (χ0) is 34.1. The predicted molar refractivity (Wildman–Crippen MR) is 205 cm³/mol. The lowest BCUT2D eigenvalue weighted by Gasteiger charge is -2.21. The van der Waals surface area contributed by atoms with E-state index >= 15 is 0 Å². The topological polar surface area (TPSA) is 48.2 Å². The minimum atomic E-state index is 0.239. The van der Waals surface area contributed by atoms with E-state index in [1.54, 1.807) is 0 Å². The van der Waals surface area contributed by atoms with Crippen molar-refractivity contribution in [3.8, 4) is 45.3 Å². The molecule has 2 aliphatic carbocycles. The van der Waals surface area contributed by atoms with E-state index in [0.717, 1.165) is 81.4 Å². The van der Waals surface area contributed by atoms with E-state index in [-0.39, 0.29) is 5.41 Å². The third-order valence-corrected chi connectivity index (χ3v) is 11.1. The molecular weight excluding hydrogens is 625 g/mol. The van der Waals surface area contributed by atoms with E-state index < -0.39 is 0 Å². The van der Waals surface area contributed by atoms with Gasteiger partial charge in [0.25, 0.3) is 0 Å². The molecule has 3 aromatic heterocycles. The van der Waals surface area contributed by atoms with Crippen LogP contribution in [0.1, 0.15) is 33.4 Å². The molecule has 51 heavy (non-hydrogen) atoms. The smallest absolute Gasteiger partial charge is 0.219 e. The summed E-state index contributed by atoms with van der Waals surface area (Å²) >= 11 is 0. The molecule has 246 valence electrons. The van der Waals surface area contributed by atoms with Crippen molar-refractivity contribution in [1.29, 1.82) is 0 Å². The lowest BCUT2D eigenvalue weighted by Crippen LogP contribution is -2.21. The van der Waals surface area contributed by atoms with Crippen LogP contribution in [0.5, 0.6) is 11.6 Å². The summed E-state index contributed by atoms with van der Waals surface area (Å²) < 4.78 is 13.3. The fourth-order valence-electron chi connectivity index (χ4n) is 8.89. The molecule has 3 heterocycles. The zero-order valence-electron chi connectivity index (χ0n) is 28.7. The van der Waals surface area contributed by atoms with Gasteiger partial charge in [0.2, 0.25) is 5.88 Å². The summed E-state index contributed by atoms with van der Waals surface area (Å²) in [4.78, 5) is 9.93. The molecule has 0 radical (unpaired) electrons. The van der Waals surface area contributed by atoms with Crippen LogP contribution in [0.4, 0.5) is 0 Å². The summed E-state index contributed by atoms with van der Waals surface area (Å²) in [6, 6.07) is 44.8. The first kappa shape index (κ1) is 29.9. The molecule has 0 bridgehead atoms. The monoisotopic (exact) mass is 660 g/mol.